The third kappa shape index (κ3) is 3.39. The summed E-state index contributed by atoms with van der Waals surface area (Å²) in [6.07, 6.45) is 3.74. The van der Waals surface area contributed by atoms with Crippen LogP contribution in [0.3, 0.4) is 0 Å². The molecule has 1 fully saturated rings. The number of nitrogens with zero attached hydrogens (tertiary/aromatic N) is 2. The monoisotopic (exact) mass is 247 g/mol. The molecule has 1 aromatic carbocycles. The van der Waals surface area contributed by atoms with Crippen LogP contribution in [0.2, 0.25) is 0 Å². The standard InChI is InChI=1S/C14H21N3O/c1-18-13-7-5-6-12(10-13)11-16-14(15)17-8-3-2-4-9-17/h5-7,10H,2-4,8-9,11H2,1H3,(H2,15,16). The number of methoxy groups -OCH3 is 1. The van der Waals surface area contributed by atoms with Crippen molar-refractivity contribution in [3.05, 3.63) is 29.8 Å². The van der Waals surface area contributed by atoms with Gasteiger partial charge in [-0.1, -0.05) is 12.1 Å². The van der Waals surface area contributed by atoms with Gasteiger partial charge < -0.3 is 15.4 Å². The summed E-state index contributed by atoms with van der Waals surface area (Å²) in [7, 11) is 1.67. The topological polar surface area (TPSA) is 50.9 Å². The van der Waals surface area contributed by atoms with E-state index in [9.17, 15) is 0 Å². The Hall–Kier alpha value is -1.71. The number of hydrogen-bond donors (Lipinski definition) is 1. The van der Waals surface area contributed by atoms with Gasteiger partial charge >= 0.3 is 0 Å². The normalized spacial score (nSPS) is 16.7. The Labute approximate surface area is 108 Å². The lowest BCUT2D eigenvalue weighted by molar-refractivity contribution is 0.338. The van der Waals surface area contributed by atoms with Crippen molar-refractivity contribution < 1.29 is 4.74 Å². The maximum Gasteiger partial charge on any atom is 0.191 e. The number of ether oxygens (including phenoxy) is 1. The minimum absolute atomic E-state index is 0.611. The van der Waals surface area contributed by atoms with Crippen LogP contribution in [0.4, 0.5) is 0 Å². The Bertz CT molecular complexity index is 411. The molecule has 0 saturated carbocycles. The number of benzene rings is 1. The molecule has 0 atom stereocenters. The number of aliphatic imine (C=N–C) groups is 1. The second-order valence-corrected chi connectivity index (χ2v) is 4.57. The molecule has 0 aromatic heterocycles. The molecule has 4 nitrogen and oxygen atoms in total. The zero-order valence-electron chi connectivity index (χ0n) is 10.9. The molecule has 0 amide bonds. The van der Waals surface area contributed by atoms with Crippen LogP contribution in [0.25, 0.3) is 0 Å². The summed E-state index contributed by atoms with van der Waals surface area (Å²) >= 11 is 0. The highest BCUT2D eigenvalue weighted by molar-refractivity contribution is 5.78. The van der Waals surface area contributed by atoms with Gasteiger partial charge in [0.15, 0.2) is 5.96 Å². The first-order valence-electron chi connectivity index (χ1n) is 6.47. The maximum absolute atomic E-state index is 6.01. The van der Waals surface area contributed by atoms with Gasteiger partial charge in [0, 0.05) is 13.1 Å². The van der Waals surface area contributed by atoms with Gasteiger partial charge in [0.25, 0.3) is 0 Å². The number of piperidine rings is 1. The number of nitrogens with two attached hydrogens (primary N) is 1. The SMILES string of the molecule is COc1cccc(CN=C(N)N2CCCCC2)c1. The molecular formula is C14H21N3O. The highest BCUT2D eigenvalue weighted by Crippen LogP contribution is 2.13. The van der Waals surface area contributed by atoms with Crippen LogP contribution in [-0.2, 0) is 6.54 Å². The van der Waals surface area contributed by atoms with Crippen molar-refractivity contribution in [2.75, 3.05) is 20.2 Å². The molecule has 0 spiro atoms. The predicted octanol–water partition coefficient (Wildman–Crippen LogP) is 2.00. The largest absolute Gasteiger partial charge is 0.497 e. The molecule has 1 heterocycles. The van der Waals surface area contributed by atoms with Gasteiger partial charge in [0.1, 0.15) is 5.75 Å². The summed E-state index contributed by atoms with van der Waals surface area (Å²) in [5.74, 6) is 1.52. The van der Waals surface area contributed by atoms with Gasteiger partial charge in [-0.2, -0.15) is 0 Å². The molecule has 1 aliphatic heterocycles. The average Bonchev–Trinajstić information content (AvgIpc) is 2.46. The minimum Gasteiger partial charge on any atom is -0.497 e. The van der Waals surface area contributed by atoms with E-state index < -0.39 is 0 Å². The van der Waals surface area contributed by atoms with Gasteiger partial charge in [-0.05, 0) is 37.0 Å². The minimum atomic E-state index is 0.611. The van der Waals surface area contributed by atoms with E-state index in [1.165, 1.54) is 19.3 Å². The molecule has 0 aliphatic carbocycles. The Morgan fingerprint density at radius 3 is 2.83 bits per heavy atom. The predicted molar refractivity (Wildman–Crippen MR) is 73.7 cm³/mol. The first-order chi connectivity index (χ1) is 8.79. The summed E-state index contributed by atoms with van der Waals surface area (Å²) in [4.78, 5) is 6.63. The summed E-state index contributed by atoms with van der Waals surface area (Å²) in [5, 5.41) is 0. The third-order valence-electron chi connectivity index (χ3n) is 3.24. The number of likely N-dealkylation sites (tertiary alicyclic amines) is 1. The van der Waals surface area contributed by atoms with Crippen molar-refractivity contribution in [2.24, 2.45) is 10.7 Å². The molecule has 18 heavy (non-hydrogen) atoms. The highest BCUT2D eigenvalue weighted by Gasteiger charge is 2.11. The molecule has 0 radical (unpaired) electrons. The molecular weight excluding hydrogens is 226 g/mol. The molecule has 2 rings (SSSR count). The van der Waals surface area contributed by atoms with E-state index in [2.05, 4.69) is 9.89 Å². The number of guanidine groups is 1. The summed E-state index contributed by atoms with van der Waals surface area (Å²) < 4.78 is 5.19. The third-order valence-corrected chi connectivity index (χ3v) is 3.24. The molecule has 2 N–H and O–H groups in total. The van der Waals surface area contributed by atoms with Gasteiger partial charge in [-0.25, -0.2) is 4.99 Å². The molecule has 0 unspecified atom stereocenters. The fraction of sp³-hybridized carbons (Fsp3) is 0.500. The van der Waals surface area contributed by atoms with Crippen LogP contribution in [-0.4, -0.2) is 31.1 Å². The van der Waals surface area contributed by atoms with E-state index >= 15 is 0 Å². The second-order valence-electron chi connectivity index (χ2n) is 4.57. The van der Waals surface area contributed by atoms with Crippen LogP contribution < -0.4 is 10.5 Å². The lowest BCUT2D eigenvalue weighted by Crippen LogP contribution is -2.40. The average molecular weight is 247 g/mol. The fourth-order valence-corrected chi connectivity index (χ4v) is 2.17. The van der Waals surface area contributed by atoms with E-state index in [0.717, 1.165) is 24.4 Å². The van der Waals surface area contributed by atoms with Crippen LogP contribution in [0.5, 0.6) is 5.75 Å². The smallest absolute Gasteiger partial charge is 0.191 e. The van der Waals surface area contributed by atoms with Crippen molar-refractivity contribution in [3.8, 4) is 5.75 Å². The van der Waals surface area contributed by atoms with Crippen LogP contribution >= 0.6 is 0 Å². The summed E-state index contributed by atoms with van der Waals surface area (Å²) in [6.45, 7) is 2.68. The van der Waals surface area contributed by atoms with Gasteiger partial charge in [0.2, 0.25) is 0 Å². The Morgan fingerprint density at radius 2 is 2.11 bits per heavy atom. The van der Waals surface area contributed by atoms with E-state index in [-0.39, 0.29) is 0 Å². The number of rotatable bonds is 3. The van der Waals surface area contributed by atoms with E-state index in [4.69, 9.17) is 10.5 Å². The Kier molecular flexibility index (Phi) is 4.45. The van der Waals surface area contributed by atoms with Crippen LogP contribution in [0.1, 0.15) is 24.8 Å². The second kappa shape index (κ2) is 6.28. The van der Waals surface area contributed by atoms with E-state index in [1.807, 2.05) is 24.3 Å². The molecule has 1 saturated heterocycles. The highest BCUT2D eigenvalue weighted by atomic mass is 16.5. The fourth-order valence-electron chi connectivity index (χ4n) is 2.17. The van der Waals surface area contributed by atoms with Crippen molar-refractivity contribution in [1.82, 2.24) is 4.90 Å². The summed E-state index contributed by atoms with van der Waals surface area (Å²) in [6, 6.07) is 7.93. The molecule has 1 aromatic rings. The van der Waals surface area contributed by atoms with Gasteiger partial charge in [-0.3, -0.25) is 0 Å². The maximum atomic E-state index is 6.01. The molecule has 0 bridgehead atoms. The molecule has 98 valence electrons. The first kappa shape index (κ1) is 12.7. The Morgan fingerprint density at radius 1 is 1.33 bits per heavy atom. The van der Waals surface area contributed by atoms with Crippen LogP contribution in [0, 0.1) is 0 Å². The van der Waals surface area contributed by atoms with Gasteiger partial charge in [-0.15, -0.1) is 0 Å². The van der Waals surface area contributed by atoms with Crippen LogP contribution in [0.15, 0.2) is 29.3 Å². The lowest BCUT2D eigenvalue weighted by Gasteiger charge is -2.27. The quantitative estimate of drug-likeness (QED) is 0.656. The van der Waals surface area contributed by atoms with Crippen molar-refractivity contribution in [1.29, 1.82) is 0 Å². The number of hydrogen-bond acceptors (Lipinski definition) is 2. The molecule has 4 heteroatoms. The van der Waals surface area contributed by atoms with Gasteiger partial charge in [0.05, 0.1) is 13.7 Å². The molecule has 1 aliphatic rings. The zero-order valence-corrected chi connectivity index (χ0v) is 10.9. The van der Waals surface area contributed by atoms with E-state index in [0.29, 0.717) is 12.5 Å². The van der Waals surface area contributed by atoms with E-state index in [1.54, 1.807) is 7.11 Å². The van der Waals surface area contributed by atoms with Crippen molar-refractivity contribution in [2.45, 2.75) is 25.8 Å². The van der Waals surface area contributed by atoms with Crippen molar-refractivity contribution >= 4 is 5.96 Å². The zero-order chi connectivity index (χ0) is 12.8. The van der Waals surface area contributed by atoms with Crippen molar-refractivity contribution in [3.63, 3.8) is 0 Å². The summed E-state index contributed by atoms with van der Waals surface area (Å²) in [5.41, 5.74) is 7.13. The first-order valence-corrected chi connectivity index (χ1v) is 6.47. The lowest BCUT2D eigenvalue weighted by atomic mass is 10.1. The Balaban J connectivity index is 1.95.